The number of nitrogens with zero attached hydrogens (tertiary/aromatic N) is 1. The van der Waals surface area contributed by atoms with Crippen molar-refractivity contribution in [3.8, 4) is 11.5 Å². The van der Waals surface area contributed by atoms with Gasteiger partial charge in [0.15, 0.2) is 11.3 Å². The van der Waals surface area contributed by atoms with Gasteiger partial charge in [0.25, 0.3) is 0 Å². The Morgan fingerprint density at radius 3 is 2.61 bits per heavy atom. The van der Waals surface area contributed by atoms with Crippen LogP contribution in [0.3, 0.4) is 0 Å². The summed E-state index contributed by atoms with van der Waals surface area (Å²) in [5.41, 5.74) is 2.50. The van der Waals surface area contributed by atoms with E-state index in [4.69, 9.17) is 9.15 Å². The molecule has 0 aliphatic carbocycles. The van der Waals surface area contributed by atoms with Gasteiger partial charge in [0.05, 0.1) is 17.6 Å². The van der Waals surface area contributed by atoms with Crippen LogP contribution in [0.1, 0.15) is 0 Å². The summed E-state index contributed by atoms with van der Waals surface area (Å²) in [6.45, 7) is 0. The minimum absolute atomic E-state index is 0.747. The first-order chi connectivity index (χ1) is 11.4. The number of nitrogens with one attached hydrogen (secondary N) is 1. The summed E-state index contributed by atoms with van der Waals surface area (Å²) in [7, 11) is 0. The van der Waals surface area contributed by atoms with Gasteiger partial charge in [0.2, 0.25) is 0 Å². The van der Waals surface area contributed by atoms with E-state index in [1.54, 1.807) is 18.7 Å². The Hall–Kier alpha value is -3.27. The molecule has 0 unspecified atom stereocenters. The predicted octanol–water partition coefficient (Wildman–Crippen LogP) is 5.36. The summed E-state index contributed by atoms with van der Waals surface area (Å²) in [5.74, 6) is 1.55. The number of ether oxygens (including phenoxy) is 1. The molecule has 0 bridgehead atoms. The zero-order valence-corrected chi connectivity index (χ0v) is 12.3. The molecule has 4 nitrogen and oxygen atoms in total. The van der Waals surface area contributed by atoms with Gasteiger partial charge >= 0.3 is 0 Å². The topological polar surface area (TPSA) is 47.3 Å². The molecule has 4 rings (SSSR count). The molecule has 0 amide bonds. The first-order valence-corrected chi connectivity index (χ1v) is 7.30. The van der Waals surface area contributed by atoms with Gasteiger partial charge in [0, 0.05) is 11.6 Å². The first kappa shape index (κ1) is 13.4. The van der Waals surface area contributed by atoms with Crippen LogP contribution in [0.2, 0.25) is 0 Å². The molecule has 0 atom stereocenters. The van der Waals surface area contributed by atoms with Crippen molar-refractivity contribution in [2.24, 2.45) is 0 Å². The lowest BCUT2D eigenvalue weighted by molar-refractivity contribution is 0.485. The molecule has 2 heterocycles. The highest BCUT2D eigenvalue weighted by Gasteiger charge is 2.09. The van der Waals surface area contributed by atoms with E-state index in [9.17, 15) is 0 Å². The summed E-state index contributed by atoms with van der Waals surface area (Å²) >= 11 is 0. The monoisotopic (exact) mass is 302 g/mol. The molecule has 23 heavy (non-hydrogen) atoms. The largest absolute Gasteiger partial charge is 0.460 e. The van der Waals surface area contributed by atoms with Gasteiger partial charge in [-0.2, -0.15) is 0 Å². The lowest BCUT2D eigenvalue weighted by atomic mass is 10.2. The normalized spacial score (nSPS) is 10.6. The van der Waals surface area contributed by atoms with Crippen molar-refractivity contribution in [1.82, 2.24) is 4.98 Å². The summed E-state index contributed by atoms with van der Waals surface area (Å²) in [4.78, 5) is 4.06. The molecule has 4 heteroatoms. The molecular weight excluding hydrogens is 288 g/mol. The molecule has 1 N–H and O–H groups in total. The fourth-order valence-corrected chi connectivity index (χ4v) is 2.40. The quantitative estimate of drug-likeness (QED) is 0.551. The van der Waals surface area contributed by atoms with Crippen LogP contribution in [-0.4, -0.2) is 4.98 Å². The maximum atomic E-state index is 5.96. The fraction of sp³-hybridized carbons (Fsp3) is 0. The van der Waals surface area contributed by atoms with Gasteiger partial charge < -0.3 is 14.5 Å². The number of benzene rings is 2. The van der Waals surface area contributed by atoms with Crippen LogP contribution in [0.5, 0.6) is 11.5 Å². The van der Waals surface area contributed by atoms with Gasteiger partial charge in [-0.1, -0.05) is 30.3 Å². The Bertz CT molecular complexity index is 932. The maximum Gasteiger partial charge on any atom is 0.154 e. The third kappa shape index (κ3) is 2.74. The highest BCUT2D eigenvalue weighted by molar-refractivity contribution is 5.92. The number of hydrogen-bond donors (Lipinski definition) is 1. The molecule has 0 spiro atoms. The summed E-state index contributed by atoms with van der Waals surface area (Å²) in [6.07, 6.45) is 5.13. The standard InChI is InChI=1S/C19H14N2O2/c1-2-6-14(7-3-1)23-18-9-5-4-8-16(18)21-17-13-22-19-12-20-11-10-15(17)19/h1-13,21H. The highest BCUT2D eigenvalue weighted by Crippen LogP contribution is 2.34. The van der Waals surface area contributed by atoms with E-state index in [-0.39, 0.29) is 0 Å². The molecule has 0 saturated carbocycles. The molecule has 0 aliphatic rings. The van der Waals surface area contributed by atoms with Gasteiger partial charge in [-0.05, 0) is 30.3 Å². The molecule has 2 aromatic carbocycles. The van der Waals surface area contributed by atoms with E-state index in [1.807, 2.05) is 60.7 Å². The zero-order valence-electron chi connectivity index (χ0n) is 12.3. The molecular formula is C19H14N2O2. The van der Waals surface area contributed by atoms with Crippen molar-refractivity contribution in [2.45, 2.75) is 0 Å². The third-order valence-electron chi connectivity index (χ3n) is 3.51. The lowest BCUT2D eigenvalue weighted by Gasteiger charge is -2.12. The molecule has 4 aromatic rings. The smallest absolute Gasteiger partial charge is 0.154 e. The number of hydrogen-bond acceptors (Lipinski definition) is 4. The second-order valence-corrected chi connectivity index (χ2v) is 5.06. The minimum Gasteiger partial charge on any atom is -0.460 e. The number of para-hydroxylation sites is 3. The molecule has 2 aromatic heterocycles. The summed E-state index contributed by atoms with van der Waals surface area (Å²) in [6, 6.07) is 19.4. The maximum absolute atomic E-state index is 5.96. The van der Waals surface area contributed by atoms with E-state index >= 15 is 0 Å². The zero-order chi connectivity index (χ0) is 15.5. The number of pyridine rings is 1. The number of fused-ring (bicyclic) bond motifs is 1. The van der Waals surface area contributed by atoms with Crippen molar-refractivity contribution in [3.63, 3.8) is 0 Å². The number of rotatable bonds is 4. The minimum atomic E-state index is 0.747. The molecule has 112 valence electrons. The molecule has 0 saturated heterocycles. The average molecular weight is 302 g/mol. The van der Waals surface area contributed by atoms with Gasteiger partial charge in [-0.3, -0.25) is 4.98 Å². The Morgan fingerprint density at radius 1 is 0.870 bits per heavy atom. The second kappa shape index (κ2) is 5.85. The van der Waals surface area contributed by atoms with Crippen molar-refractivity contribution in [1.29, 1.82) is 0 Å². The van der Waals surface area contributed by atoms with Gasteiger partial charge in [-0.15, -0.1) is 0 Å². The van der Waals surface area contributed by atoms with Crippen LogP contribution in [0.15, 0.2) is 83.7 Å². The van der Waals surface area contributed by atoms with Gasteiger partial charge in [-0.25, -0.2) is 0 Å². The second-order valence-electron chi connectivity index (χ2n) is 5.06. The Balaban J connectivity index is 1.67. The van der Waals surface area contributed by atoms with Crippen molar-refractivity contribution >= 4 is 22.3 Å². The molecule has 0 aliphatic heterocycles. The highest BCUT2D eigenvalue weighted by atomic mass is 16.5. The number of anilines is 2. The van der Waals surface area contributed by atoms with Crippen LogP contribution < -0.4 is 10.1 Å². The van der Waals surface area contributed by atoms with Crippen molar-refractivity contribution in [3.05, 3.63) is 79.3 Å². The van der Waals surface area contributed by atoms with Crippen LogP contribution in [-0.2, 0) is 0 Å². The number of furan rings is 1. The van der Waals surface area contributed by atoms with Gasteiger partial charge in [0.1, 0.15) is 12.0 Å². The van der Waals surface area contributed by atoms with E-state index < -0.39 is 0 Å². The lowest BCUT2D eigenvalue weighted by Crippen LogP contribution is -1.93. The van der Waals surface area contributed by atoms with Crippen molar-refractivity contribution < 1.29 is 9.15 Å². The Morgan fingerprint density at radius 2 is 1.70 bits per heavy atom. The van der Waals surface area contributed by atoms with Crippen LogP contribution in [0.25, 0.3) is 11.0 Å². The summed E-state index contributed by atoms with van der Waals surface area (Å²) in [5, 5.41) is 4.35. The number of aromatic nitrogens is 1. The first-order valence-electron chi connectivity index (χ1n) is 7.30. The van der Waals surface area contributed by atoms with E-state index in [1.165, 1.54) is 0 Å². The average Bonchev–Trinajstić information content (AvgIpc) is 3.01. The fourth-order valence-electron chi connectivity index (χ4n) is 2.40. The SMILES string of the molecule is c1ccc(Oc2ccccc2Nc2coc3cnccc23)cc1. The van der Waals surface area contributed by atoms with Crippen LogP contribution >= 0.6 is 0 Å². The molecule has 0 fully saturated rings. The van der Waals surface area contributed by atoms with E-state index in [0.29, 0.717) is 0 Å². The van der Waals surface area contributed by atoms with Crippen LogP contribution in [0, 0.1) is 0 Å². The third-order valence-corrected chi connectivity index (χ3v) is 3.51. The van der Waals surface area contributed by atoms with Crippen molar-refractivity contribution in [2.75, 3.05) is 5.32 Å². The van der Waals surface area contributed by atoms with Crippen LogP contribution in [0.4, 0.5) is 11.4 Å². The Labute approximate surface area is 133 Å². The molecule has 0 radical (unpaired) electrons. The van der Waals surface area contributed by atoms with E-state index in [2.05, 4.69) is 10.3 Å². The summed E-state index contributed by atoms with van der Waals surface area (Å²) < 4.78 is 11.5. The van der Waals surface area contributed by atoms with E-state index in [0.717, 1.165) is 33.8 Å². The predicted molar refractivity (Wildman–Crippen MR) is 90.2 cm³/mol. The Kier molecular flexibility index (Phi) is 3.41.